The molecule has 3 rings (SSSR count). The molecular weight excluding hydrogens is 430 g/mol. The summed E-state index contributed by atoms with van der Waals surface area (Å²) in [7, 11) is 0. The third-order valence-corrected chi connectivity index (χ3v) is 5.03. The van der Waals surface area contributed by atoms with E-state index in [0.29, 0.717) is 33.5 Å². The number of carbonyl (C=O) groups is 2. The van der Waals surface area contributed by atoms with E-state index in [1.807, 2.05) is 19.1 Å². The minimum atomic E-state index is -0.758. The first-order valence-electron chi connectivity index (χ1n) is 9.97. The van der Waals surface area contributed by atoms with Crippen molar-refractivity contribution in [3.63, 3.8) is 0 Å². The molecule has 2 amide bonds. The highest BCUT2D eigenvalue weighted by Crippen LogP contribution is 2.26. The summed E-state index contributed by atoms with van der Waals surface area (Å²) in [5, 5.41) is 7.41. The zero-order valence-corrected chi connectivity index (χ0v) is 19.0. The van der Waals surface area contributed by atoms with Crippen LogP contribution in [-0.4, -0.2) is 23.6 Å². The average Bonchev–Trinajstić information content (AvgIpc) is 3.19. The van der Waals surface area contributed by atoms with Gasteiger partial charge in [-0.2, -0.15) is 5.10 Å². The van der Waals surface area contributed by atoms with Crippen molar-refractivity contribution in [3.05, 3.63) is 82.3 Å². The van der Waals surface area contributed by atoms with Crippen molar-refractivity contribution < 1.29 is 18.7 Å². The summed E-state index contributed by atoms with van der Waals surface area (Å²) in [5.41, 5.74) is 5.82. The number of hydrogen-bond acceptors (Lipinski definition) is 5. The van der Waals surface area contributed by atoms with Crippen LogP contribution in [0, 0.1) is 13.8 Å². The van der Waals surface area contributed by atoms with Gasteiger partial charge >= 0.3 is 0 Å². The zero-order chi connectivity index (χ0) is 23.3. The Morgan fingerprint density at radius 1 is 1.12 bits per heavy atom. The summed E-state index contributed by atoms with van der Waals surface area (Å²) in [6.07, 6.45) is 0.691. The van der Waals surface area contributed by atoms with Crippen molar-refractivity contribution in [1.29, 1.82) is 0 Å². The molecule has 1 heterocycles. The van der Waals surface area contributed by atoms with Crippen LogP contribution < -0.4 is 15.5 Å². The van der Waals surface area contributed by atoms with Crippen LogP contribution >= 0.6 is 11.6 Å². The maximum Gasteiger partial charge on any atom is 0.274 e. The fourth-order valence-corrected chi connectivity index (χ4v) is 3.17. The number of aryl methyl sites for hydroxylation is 2. The lowest BCUT2D eigenvalue weighted by Gasteiger charge is -2.16. The lowest BCUT2D eigenvalue weighted by molar-refractivity contribution is -0.122. The summed E-state index contributed by atoms with van der Waals surface area (Å²) in [5.74, 6) is 0.279. The fraction of sp³-hybridized carbons (Fsp3) is 0.208. The average molecular weight is 454 g/mol. The molecule has 0 spiro atoms. The quantitative estimate of drug-likeness (QED) is 0.384. The molecule has 8 heteroatoms. The van der Waals surface area contributed by atoms with E-state index in [1.54, 1.807) is 57.2 Å². The molecule has 2 aromatic carbocycles. The lowest BCUT2D eigenvalue weighted by atomic mass is 10.1. The molecule has 2 N–H and O–H groups in total. The number of rotatable bonds is 7. The third kappa shape index (κ3) is 5.76. The minimum Gasteiger partial charge on any atom is -0.479 e. The highest BCUT2D eigenvalue weighted by atomic mass is 35.5. The number of nitrogens with zero attached hydrogens (tertiary/aromatic N) is 1. The maximum atomic E-state index is 12.6. The van der Waals surface area contributed by atoms with Crippen molar-refractivity contribution in [1.82, 2.24) is 5.43 Å². The van der Waals surface area contributed by atoms with Gasteiger partial charge in [-0.15, -0.1) is 0 Å². The van der Waals surface area contributed by atoms with Crippen LogP contribution in [0.15, 0.2) is 64.3 Å². The first-order chi connectivity index (χ1) is 15.2. The van der Waals surface area contributed by atoms with Crippen molar-refractivity contribution in [2.24, 2.45) is 5.10 Å². The van der Waals surface area contributed by atoms with Crippen LogP contribution in [0.1, 0.15) is 41.1 Å². The Hall–Kier alpha value is -3.58. The Morgan fingerprint density at radius 3 is 2.59 bits per heavy atom. The number of hydrogen-bond donors (Lipinski definition) is 2. The Labute approximate surface area is 191 Å². The van der Waals surface area contributed by atoms with Gasteiger partial charge in [0.2, 0.25) is 0 Å². The monoisotopic (exact) mass is 453 g/mol. The molecule has 0 saturated carbocycles. The first kappa shape index (κ1) is 23.1. The summed E-state index contributed by atoms with van der Waals surface area (Å²) < 4.78 is 10.8. The van der Waals surface area contributed by atoms with Gasteiger partial charge in [0, 0.05) is 5.69 Å². The predicted octanol–water partition coefficient (Wildman–Crippen LogP) is 5.11. The van der Waals surface area contributed by atoms with E-state index in [4.69, 9.17) is 20.8 Å². The highest BCUT2D eigenvalue weighted by Gasteiger charge is 2.17. The number of benzene rings is 2. The Bertz CT molecular complexity index is 1170. The third-order valence-electron chi connectivity index (χ3n) is 4.74. The summed E-state index contributed by atoms with van der Waals surface area (Å²) in [6, 6.07) is 14.1. The number of anilines is 1. The smallest absolute Gasteiger partial charge is 0.274 e. The van der Waals surface area contributed by atoms with Crippen molar-refractivity contribution in [2.75, 3.05) is 5.32 Å². The number of nitrogens with one attached hydrogen (secondary N) is 2. The fourth-order valence-electron chi connectivity index (χ4n) is 2.89. The standard InChI is InChI=1S/C24H24ClN3O4/c1-14-8-9-22(21(25)12-14)32-17(4)23(29)26-19-7-5-6-18(13-19)15(2)27-28-24(30)20-10-11-31-16(20)3/h5-13,17H,1-4H3,(H,26,29)(H,28,30)/b27-15+. The van der Waals surface area contributed by atoms with Crippen LogP contribution in [0.4, 0.5) is 5.69 Å². The molecule has 0 aliphatic heterocycles. The van der Waals surface area contributed by atoms with Crippen molar-refractivity contribution in [2.45, 2.75) is 33.8 Å². The molecule has 166 valence electrons. The van der Waals surface area contributed by atoms with E-state index >= 15 is 0 Å². The lowest BCUT2D eigenvalue weighted by Crippen LogP contribution is -2.30. The van der Waals surface area contributed by atoms with Gasteiger partial charge in [-0.1, -0.05) is 29.8 Å². The van der Waals surface area contributed by atoms with E-state index in [0.717, 1.165) is 11.1 Å². The number of halogens is 1. The van der Waals surface area contributed by atoms with Crippen LogP contribution in [0.3, 0.4) is 0 Å². The predicted molar refractivity (Wildman–Crippen MR) is 124 cm³/mol. The second-order valence-corrected chi connectivity index (χ2v) is 7.70. The van der Waals surface area contributed by atoms with Gasteiger partial charge in [-0.25, -0.2) is 5.43 Å². The van der Waals surface area contributed by atoms with E-state index < -0.39 is 6.10 Å². The number of furan rings is 1. The molecule has 0 aliphatic rings. The van der Waals surface area contributed by atoms with Crippen molar-refractivity contribution in [3.8, 4) is 5.75 Å². The molecule has 1 atom stereocenters. The molecule has 0 fully saturated rings. The number of carbonyl (C=O) groups excluding carboxylic acids is 2. The normalized spacial score (nSPS) is 12.2. The number of amides is 2. The van der Waals surface area contributed by atoms with Crippen LogP contribution in [-0.2, 0) is 4.79 Å². The summed E-state index contributed by atoms with van der Waals surface area (Å²) in [4.78, 5) is 24.8. The first-order valence-corrected chi connectivity index (χ1v) is 10.3. The zero-order valence-electron chi connectivity index (χ0n) is 18.2. The van der Waals surface area contributed by atoms with Gasteiger partial charge < -0.3 is 14.5 Å². The summed E-state index contributed by atoms with van der Waals surface area (Å²) >= 11 is 6.18. The van der Waals surface area contributed by atoms with Crippen LogP contribution in [0.25, 0.3) is 0 Å². The minimum absolute atomic E-state index is 0.322. The van der Waals surface area contributed by atoms with Crippen LogP contribution in [0.5, 0.6) is 5.75 Å². The van der Waals surface area contributed by atoms with E-state index in [9.17, 15) is 9.59 Å². The van der Waals surface area contributed by atoms with Gasteiger partial charge in [0.1, 0.15) is 11.5 Å². The maximum absolute atomic E-state index is 12.6. The molecule has 1 unspecified atom stereocenters. The van der Waals surface area contributed by atoms with Gasteiger partial charge in [-0.3, -0.25) is 9.59 Å². The molecule has 0 saturated heterocycles. The Kier molecular flexibility index (Phi) is 7.33. The van der Waals surface area contributed by atoms with Gasteiger partial charge in [0.25, 0.3) is 11.8 Å². The van der Waals surface area contributed by atoms with E-state index in [-0.39, 0.29) is 11.8 Å². The SMILES string of the molecule is C/C(=N\NC(=O)c1ccoc1C)c1cccc(NC(=O)C(C)Oc2ccc(C)cc2Cl)c1. The van der Waals surface area contributed by atoms with Gasteiger partial charge in [0.15, 0.2) is 6.10 Å². The number of ether oxygens (including phenoxy) is 1. The Balaban J connectivity index is 1.64. The molecular formula is C24H24ClN3O4. The molecule has 32 heavy (non-hydrogen) atoms. The number of hydrazone groups is 1. The Morgan fingerprint density at radius 2 is 1.91 bits per heavy atom. The highest BCUT2D eigenvalue weighted by molar-refractivity contribution is 6.32. The molecule has 0 radical (unpaired) electrons. The van der Waals surface area contributed by atoms with Crippen LogP contribution in [0.2, 0.25) is 5.02 Å². The summed E-state index contributed by atoms with van der Waals surface area (Å²) in [6.45, 7) is 7.03. The molecule has 0 aliphatic carbocycles. The van der Waals surface area contributed by atoms with E-state index in [1.165, 1.54) is 6.26 Å². The molecule has 0 bridgehead atoms. The topological polar surface area (TPSA) is 92.9 Å². The second kappa shape index (κ2) is 10.2. The second-order valence-electron chi connectivity index (χ2n) is 7.29. The van der Waals surface area contributed by atoms with Gasteiger partial charge in [0.05, 0.1) is 22.6 Å². The van der Waals surface area contributed by atoms with Crippen molar-refractivity contribution >= 4 is 34.8 Å². The largest absolute Gasteiger partial charge is 0.479 e. The van der Waals surface area contributed by atoms with E-state index in [2.05, 4.69) is 15.8 Å². The molecule has 3 aromatic rings. The van der Waals surface area contributed by atoms with Gasteiger partial charge in [-0.05, 0) is 69.2 Å². The molecule has 1 aromatic heterocycles. The molecule has 7 nitrogen and oxygen atoms in total.